The van der Waals surface area contributed by atoms with Crippen LogP contribution in [0.4, 0.5) is 0 Å². The fourth-order valence-electron chi connectivity index (χ4n) is 7.67. The number of hydrogen-bond donors (Lipinski definition) is 13. The molecule has 6 atom stereocenters. The molecule has 3 heterocycles. The van der Waals surface area contributed by atoms with Gasteiger partial charge in [0.25, 0.3) is 0 Å². The van der Waals surface area contributed by atoms with Gasteiger partial charge in [0.2, 0.25) is 59.1 Å². The molecule has 3 rings (SSSR count). The zero-order chi connectivity index (χ0) is 50.2. The van der Waals surface area contributed by atoms with E-state index < -0.39 is 121 Å². The number of nitrogens with two attached hydrogens (primary N) is 4. The molecule has 2 fully saturated rings. The molecular formula is C41H67N15O12. The second-order valence-corrected chi connectivity index (χ2v) is 16.4. The monoisotopic (exact) mass is 962 g/mol. The third kappa shape index (κ3) is 18.5. The first-order valence-corrected chi connectivity index (χ1v) is 22.7. The molecule has 2 aliphatic rings. The molecule has 0 spiro atoms. The third-order valence-electron chi connectivity index (χ3n) is 11.3. The smallest absolute Gasteiger partial charge is 0.326 e. The van der Waals surface area contributed by atoms with Gasteiger partial charge >= 0.3 is 5.97 Å². The summed E-state index contributed by atoms with van der Waals surface area (Å²) in [4.78, 5) is 151. The molecule has 17 N–H and O–H groups in total. The molecule has 10 amide bonds. The Hall–Kier alpha value is -6.74. The van der Waals surface area contributed by atoms with Crippen molar-refractivity contribution in [3.8, 4) is 0 Å². The van der Waals surface area contributed by atoms with E-state index in [4.69, 9.17) is 22.9 Å². The molecule has 1 aromatic rings. The van der Waals surface area contributed by atoms with Gasteiger partial charge in [0.1, 0.15) is 36.3 Å². The minimum Gasteiger partial charge on any atom is -0.480 e. The maximum atomic E-state index is 14.0. The lowest BCUT2D eigenvalue weighted by molar-refractivity contribution is -0.143. The molecule has 0 aromatic carbocycles. The molecule has 378 valence electrons. The van der Waals surface area contributed by atoms with Crippen molar-refractivity contribution < 1.29 is 57.8 Å². The van der Waals surface area contributed by atoms with Crippen molar-refractivity contribution in [1.29, 1.82) is 0 Å². The molecule has 0 saturated carbocycles. The minimum atomic E-state index is -1.35. The second kappa shape index (κ2) is 29.1. The van der Waals surface area contributed by atoms with Gasteiger partial charge < -0.3 is 80.0 Å². The number of likely N-dealkylation sites (tertiary alicyclic amines) is 2. The SMILES string of the molecule is NCCCC[C@H](NC(=O)[C@H](CCC(N)=O)NC(=O)[C@@H]1CCCN1C(=O)CNC(=O)CNC(=O)[C@@H]1CCCN1C(=O)[C@H](Cc1c[nH]cn1)NC(=O)CNC(=O)[C@H](CCCCN)NC(=O)CN)C(=O)O. The van der Waals surface area contributed by atoms with Crippen LogP contribution in [-0.2, 0) is 59.2 Å². The zero-order valence-corrected chi connectivity index (χ0v) is 38.1. The number of rotatable bonds is 30. The van der Waals surface area contributed by atoms with Gasteiger partial charge in [-0.3, -0.25) is 47.9 Å². The summed E-state index contributed by atoms with van der Waals surface area (Å²) < 4.78 is 0. The second-order valence-electron chi connectivity index (χ2n) is 16.4. The van der Waals surface area contributed by atoms with Crippen molar-refractivity contribution in [1.82, 2.24) is 57.0 Å². The Kier molecular flexibility index (Phi) is 23.8. The third-order valence-corrected chi connectivity index (χ3v) is 11.3. The standard InChI is InChI=1S/C41H67N15O12/c42-13-3-1-7-25(51-32(58)18-44)36(62)48-21-34(60)52-28(17-24-19-46-23-50-24)40(66)56-16-6-9-29(56)38(64)49-20-33(59)47-22-35(61)55-15-5-10-30(55)39(65)53-26(11-12-31(45)57)37(63)54-27(41(67)68)8-2-4-14-43/h19,23,25-30H,1-18,20-22,42-44H2,(H2,45,57)(H,46,50)(H,47,59)(H,48,62)(H,49,64)(H,51,58)(H,52,60)(H,53,65)(H,54,63)(H,67,68)/t25-,26-,27-,28-,29-,30-/m0/s1. The lowest BCUT2D eigenvalue weighted by atomic mass is 10.1. The van der Waals surface area contributed by atoms with E-state index in [0.717, 1.165) is 0 Å². The van der Waals surface area contributed by atoms with Crippen molar-refractivity contribution in [3.05, 3.63) is 18.2 Å². The normalized spacial score (nSPS) is 17.2. The summed E-state index contributed by atoms with van der Waals surface area (Å²) >= 11 is 0. The molecule has 2 aliphatic heterocycles. The van der Waals surface area contributed by atoms with Crippen LogP contribution in [0.1, 0.15) is 82.7 Å². The van der Waals surface area contributed by atoms with Gasteiger partial charge in [-0.05, 0) is 83.7 Å². The molecule has 0 aliphatic carbocycles. The fourth-order valence-corrected chi connectivity index (χ4v) is 7.67. The van der Waals surface area contributed by atoms with E-state index in [0.29, 0.717) is 57.3 Å². The highest BCUT2D eigenvalue weighted by atomic mass is 16.4. The molecule has 0 radical (unpaired) electrons. The quantitative estimate of drug-likeness (QED) is 0.0319. The van der Waals surface area contributed by atoms with Crippen LogP contribution in [0.5, 0.6) is 0 Å². The number of amides is 10. The van der Waals surface area contributed by atoms with Crippen LogP contribution in [0.15, 0.2) is 12.5 Å². The summed E-state index contributed by atoms with van der Waals surface area (Å²) in [7, 11) is 0. The average molecular weight is 962 g/mol. The first-order valence-electron chi connectivity index (χ1n) is 22.7. The topological polar surface area (TPSA) is 431 Å². The molecule has 27 nitrogen and oxygen atoms in total. The highest BCUT2D eigenvalue weighted by molar-refractivity contribution is 5.97. The Balaban J connectivity index is 1.56. The number of carbonyl (C=O) groups is 11. The average Bonchev–Trinajstić information content (AvgIpc) is 4.13. The molecular weight excluding hydrogens is 895 g/mol. The van der Waals surface area contributed by atoms with Crippen LogP contribution in [0.25, 0.3) is 0 Å². The molecule has 0 bridgehead atoms. The number of nitrogens with zero attached hydrogens (tertiary/aromatic N) is 3. The fraction of sp³-hybridized carbons (Fsp3) is 0.659. The van der Waals surface area contributed by atoms with Crippen molar-refractivity contribution in [2.75, 3.05) is 52.4 Å². The van der Waals surface area contributed by atoms with Crippen LogP contribution in [0, 0.1) is 0 Å². The van der Waals surface area contributed by atoms with Crippen molar-refractivity contribution in [2.24, 2.45) is 22.9 Å². The Morgan fingerprint density at radius 1 is 0.662 bits per heavy atom. The number of carbonyl (C=O) groups excluding carboxylic acids is 10. The number of aromatic nitrogens is 2. The highest BCUT2D eigenvalue weighted by Gasteiger charge is 2.39. The van der Waals surface area contributed by atoms with Gasteiger partial charge in [0, 0.05) is 32.1 Å². The van der Waals surface area contributed by atoms with E-state index in [1.807, 2.05) is 0 Å². The van der Waals surface area contributed by atoms with Crippen LogP contribution >= 0.6 is 0 Å². The maximum Gasteiger partial charge on any atom is 0.326 e. The first kappa shape index (κ1) is 55.6. The number of nitrogens with one attached hydrogen (secondary N) is 8. The first-order chi connectivity index (χ1) is 32.5. The number of hydrogen-bond acceptors (Lipinski definition) is 15. The van der Waals surface area contributed by atoms with Crippen LogP contribution in [-0.4, -0.2) is 179 Å². The van der Waals surface area contributed by atoms with Gasteiger partial charge in [0.15, 0.2) is 0 Å². The highest BCUT2D eigenvalue weighted by Crippen LogP contribution is 2.20. The molecule has 68 heavy (non-hydrogen) atoms. The number of aliphatic carboxylic acids is 1. The van der Waals surface area contributed by atoms with Crippen molar-refractivity contribution in [2.45, 2.75) is 120 Å². The van der Waals surface area contributed by atoms with E-state index in [-0.39, 0.29) is 64.6 Å². The number of H-pyrrole nitrogens is 1. The van der Waals surface area contributed by atoms with Crippen LogP contribution < -0.4 is 60.2 Å². The van der Waals surface area contributed by atoms with E-state index in [1.165, 1.54) is 22.3 Å². The number of primary amides is 1. The predicted molar refractivity (Wildman–Crippen MR) is 239 cm³/mol. The Labute approximate surface area is 392 Å². The summed E-state index contributed by atoms with van der Waals surface area (Å²) in [6.45, 7) is -1.06. The summed E-state index contributed by atoms with van der Waals surface area (Å²) in [6, 6.07) is -6.92. The predicted octanol–water partition coefficient (Wildman–Crippen LogP) is -6.21. The Morgan fingerprint density at radius 2 is 1.26 bits per heavy atom. The molecule has 27 heteroatoms. The van der Waals surface area contributed by atoms with E-state index in [1.54, 1.807) is 0 Å². The lowest BCUT2D eigenvalue weighted by Crippen LogP contribution is -2.56. The zero-order valence-electron chi connectivity index (χ0n) is 38.1. The van der Waals surface area contributed by atoms with E-state index in [2.05, 4.69) is 47.2 Å². The van der Waals surface area contributed by atoms with E-state index >= 15 is 0 Å². The molecule has 1 aromatic heterocycles. The number of unbranched alkanes of at least 4 members (excludes halogenated alkanes) is 2. The van der Waals surface area contributed by atoms with Gasteiger partial charge in [-0.1, -0.05) is 0 Å². The summed E-state index contributed by atoms with van der Waals surface area (Å²) in [6.07, 6.45) is 5.92. The largest absolute Gasteiger partial charge is 0.480 e. The van der Waals surface area contributed by atoms with Gasteiger partial charge in [-0.2, -0.15) is 0 Å². The van der Waals surface area contributed by atoms with Gasteiger partial charge in [-0.25, -0.2) is 9.78 Å². The molecule has 0 unspecified atom stereocenters. The summed E-state index contributed by atoms with van der Waals surface area (Å²) in [5.41, 5.74) is 22.1. The maximum absolute atomic E-state index is 14.0. The molecule has 2 saturated heterocycles. The van der Waals surface area contributed by atoms with Crippen molar-refractivity contribution >= 4 is 65.0 Å². The Morgan fingerprint density at radius 3 is 1.87 bits per heavy atom. The van der Waals surface area contributed by atoms with Crippen LogP contribution in [0.2, 0.25) is 0 Å². The minimum absolute atomic E-state index is 0.0761. The van der Waals surface area contributed by atoms with Crippen molar-refractivity contribution in [3.63, 3.8) is 0 Å². The van der Waals surface area contributed by atoms with Gasteiger partial charge in [0.05, 0.1) is 38.2 Å². The summed E-state index contributed by atoms with van der Waals surface area (Å²) in [5, 5.41) is 27.0. The number of carboxylic acids is 1. The van der Waals surface area contributed by atoms with Gasteiger partial charge in [-0.15, -0.1) is 0 Å². The van der Waals surface area contributed by atoms with Crippen LogP contribution in [0.3, 0.4) is 0 Å². The number of imidazole rings is 1. The van der Waals surface area contributed by atoms with E-state index in [9.17, 15) is 57.8 Å². The number of aromatic amines is 1. The summed E-state index contributed by atoms with van der Waals surface area (Å²) in [5.74, 6) is -8.31. The Bertz CT molecular complexity index is 1920. The lowest BCUT2D eigenvalue weighted by Gasteiger charge is -2.28. The number of carboxylic acid groups (broad SMARTS) is 1.